The van der Waals surface area contributed by atoms with Gasteiger partial charge in [-0.1, -0.05) is 24.3 Å². The van der Waals surface area contributed by atoms with E-state index in [0.29, 0.717) is 18.1 Å². The minimum atomic E-state index is -0.0178. The molecule has 2 aromatic rings. The SMILES string of the molecule is Cc1ccccc1CN(Cc1nc(C(=O)N2CCN(C)CC2)co1)CC1CC1. The summed E-state index contributed by atoms with van der Waals surface area (Å²) in [5.74, 6) is 1.40. The molecule has 0 spiro atoms. The van der Waals surface area contributed by atoms with Gasteiger partial charge in [0.2, 0.25) is 5.89 Å². The summed E-state index contributed by atoms with van der Waals surface area (Å²) in [5, 5.41) is 0. The van der Waals surface area contributed by atoms with Crippen LogP contribution in [0.2, 0.25) is 0 Å². The number of benzene rings is 1. The van der Waals surface area contributed by atoms with Crippen LogP contribution >= 0.6 is 0 Å². The van der Waals surface area contributed by atoms with Gasteiger partial charge >= 0.3 is 0 Å². The number of aromatic nitrogens is 1. The Labute approximate surface area is 167 Å². The summed E-state index contributed by atoms with van der Waals surface area (Å²) in [4.78, 5) is 23.7. The first-order valence-electron chi connectivity index (χ1n) is 10.3. The average Bonchev–Trinajstić information content (AvgIpc) is 3.38. The van der Waals surface area contributed by atoms with Crippen molar-refractivity contribution in [2.75, 3.05) is 39.8 Å². The third-order valence-corrected chi connectivity index (χ3v) is 5.79. The quantitative estimate of drug-likeness (QED) is 0.737. The Morgan fingerprint density at radius 2 is 1.93 bits per heavy atom. The molecule has 1 amide bonds. The number of oxazole rings is 1. The molecule has 2 fully saturated rings. The van der Waals surface area contributed by atoms with Gasteiger partial charge in [-0.25, -0.2) is 4.98 Å². The van der Waals surface area contributed by atoms with Crippen molar-refractivity contribution in [3.05, 3.63) is 53.2 Å². The fourth-order valence-corrected chi connectivity index (χ4v) is 3.72. The van der Waals surface area contributed by atoms with Gasteiger partial charge in [0.25, 0.3) is 5.91 Å². The zero-order chi connectivity index (χ0) is 19.5. The van der Waals surface area contributed by atoms with Gasteiger partial charge in [-0.15, -0.1) is 0 Å². The minimum Gasteiger partial charge on any atom is -0.447 e. The average molecular weight is 383 g/mol. The van der Waals surface area contributed by atoms with E-state index >= 15 is 0 Å². The molecule has 150 valence electrons. The molecule has 1 aromatic carbocycles. The number of nitrogens with zero attached hydrogens (tertiary/aromatic N) is 4. The normalized spacial score (nSPS) is 18.0. The molecule has 1 aliphatic carbocycles. The molecule has 28 heavy (non-hydrogen) atoms. The molecule has 1 saturated heterocycles. The van der Waals surface area contributed by atoms with Crippen molar-refractivity contribution in [2.45, 2.75) is 32.9 Å². The van der Waals surface area contributed by atoms with E-state index in [2.05, 4.69) is 53.0 Å². The summed E-state index contributed by atoms with van der Waals surface area (Å²) in [6.07, 6.45) is 4.14. The lowest BCUT2D eigenvalue weighted by molar-refractivity contribution is 0.0658. The third-order valence-electron chi connectivity index (χ3n) is 5.79. The Balaban J connectivity index is 1.41. The van der Waals surface area contributed by atoms with E-state index in [-0.39, 0.29) is 5.91 Å². The number of carbonyl (C=O) groups excluding carboxylic acids is 1. The van der Waals surface area contributed by atoms with E-state index in [9.17, 15) is 4.79 Å². The zero-order valence-corrected chi connectivity index (χ0v) is 16.9. The van der Waals surface area contributed by atoms with E-state index in [1.165, 1.54) is 30.2 Å². The molecule has 6 nitrogen and oxygen atoms in total. The molecule has 0 radical (unpaired) electrons. The van der Waals surface area contributed by atoms with Crippen LogP contribution in [0.4, 0.5) is 0 Å². The lowest BCUT2D eigenvalue weighted by Crippen LogP contribution is -2.47. The Kier molecular flexibility index (Phi) is 5.78. The summed E-state index contributed by atoms with van der Waals surface area (Å²) in [5.41, 5.74) is 3.08. The van der Waals surface area contributed by atoms with Crippen LogP contribution in [0.25, 0.3) is 0 Å². The molecule has 4 rings (SSSR count). The van der Waals surface area contributed by atoms with E-state index in [4.69, 9.17) is 4.42 Å². The van der Waals surface area contributed by atoms with Crippen LogP contribution in [0.3, 0.4) is 0 Å². The summed E-state index contributed by atoms with van der Waals surface area (Å²) < 4.78 is 5.69. The van der Waals surface area contributed by atoms with E-state index in [0.717, 1.165) is 45.2 Å². The van der Waals surface area contributed by atoms with Crippen LogP contribution in [0.15, 0.2) is 34.9 Å². The zero-order valence-electron chi connectivity index (χ0n) is 16.9. The lowest BCUT2D eigenvalue weighted by Gasteiger charge is -2.31. The number of aryl methyl sites for hydroxylation is 1. The molecule has 0 unspecified atom stereocenters. The monoisotopic (exact) mass is 382 g/mol. The molecule has 2 heterocycles. The maximum Gasteiger partial charge on any atom is 0.275 e. The van der Waals surface area contributed by atoms with Crippen molar-refractivity contribution in [1.82, 2.24) is 19.7 Å². The molecule has 1 aliphatic heterocycles. The van der Waals surface area contributed by atoms with Gasteiger partial charge in [-0.2, -0.15) is 0 Å². The number of hydrogen-bond donors (Lipinski definition) is 0. The Bertz CT molecular complexity index is 806. The molecule has 0 bridgehead atoms. The highest BCUT2D eigenvalue weighted by atomic mass is 16.3. The van der Waals surface area contributed by atoms with Gasteiger partial charge in [0, 0.05) is 39.3 Å². The maximum atomic E-state index is 12.7. The van der Waals surface area contributed by atoms with Crippen LogP contribution in [-0.4, -0.2) is 65.4 Å². The van der Waals surface area contributed by atoms with Crippen LogP contribution in [0, 0.1) is 12.8 Å². The second kappa shape index (κ2) is 8.45. The summed E-state index contributed by atoms with van der Waals surface area (Å²) in [7, 11) is 2.08. The van der Waals surface area contributed by atoms with Gasteiger partial charge in [-0.05, 0) is 43.9 Å². The van der Waals surface area contributed by atoms with E-state index in [1.54, 1.807) is 0 Å². The fraction of sp³-hybridized carbons (Fsp3) is 0.545. The topological polar surface area (TPSA) is 52.8 Å². The van der Waals surface area contributed by atoms with Crippen molar-refractivity contribution < 1.29 is 9.21 Å². The largest absolute Gasteiger partial charge is 0.447 e. The van der Waals surface area contributed by atoms with Crippen LogP contribution in [-0.2, 0) is 13.1 Å². The van der Waals surface area contributed by atoms with Gasteiger partial charge < -0.3 is 14.2 Å². The Hall–Kier alpha value is -2.18. The second-order valence-electron chi connectivity index (χ2n) is 8.26. The van der Waals surface area contributed by atoms with Gasteiger partial charge in [0.05, 0.1) is 6.54 Å². The molecule has 1 saturated carbocycles. The predicted octanol–water partition coefficient (Wildman–Crippen LogP) is 2.78. The highest BCUT2D eigenvalue weighted by Gasteiger charge is 2.27. The Morgan fingerprint density at radius 1 is 1.18 bits per heavy atom. The first-order valence-corrected chi connectivity index (χ1v) is 10.3. The van der Waals surface area contributed by atoms with Gasteiger partial charge in [-0.3, -0.25) is 9.69 Å². The van der Waals surface area contributed by atoms with Crippen molar-refractivity contribution >= 4 is 5.91 Å². The second-order valence-corrected chi connectivity index (χ2v) is 8.26. The molecule has 0 N–H and O–H groups in total. The maximum absolute atomic E-state index is 12.7. The van der Waals surface area contributed by atoms with Crippen molar-refractivity contribution in [3.63, 3.8) is 0 Å². The summed E-state index contributed by atoms with van der Waals surface area (Å²) in [6.45, 7) is 8.04. The predicted molar refractivity (Wildman–Crippen MR) is 108 cm³/mol. The number of amides is 1. The third kappa shape index (κ3) is 4.80. The molecule has 6 heteroatoms. The van der Waals surface area contributed by atoms with Gasteiger partial charge in [0.1, 0.15) is 6.26 Å². The molecular formula is C22H30N4O2. The molecular weight excluding hydrogens is 352 g/mol. The number of carbonyl (C=O) groups is 1. The smallest absolute Gasteiger partial charge is 0.275 e. The fourth-order valence-electron chi connectivity index (χ4n) is 3.72. The summed E-state index contributed by atoms with van der Waals surface area (Å²) in [6, 6.07) is 8.51. The molecule has 1 aromatic heterocycles. The summed E-state index contributed by atoms with van der Waals surface area (Å²) >= 11 is 0. The number of piperazine rings is 1. The van der Waals surface area contributed by atoms with Crippen LogP contribution < -0.4 is 0 Å². The standard InChI is InChI=1S/C22H30N4O2/c1-17-5-3-4-6-19(17)14-25(13-18-7-8-18)15-21-23-20(16-28-21)22(27)26-11-9-24(2)10-12-26/h3-6,16,18H,7-15H2,1-2H3. The van der Waals surface area contributed by atoms with E-state index in [1.807, 2.05) is 4.90 Å². The van der Waals surface area contributed by atoms with Crippen molar-refractivity contribution in [1.29, 1.82) is 0 Å². The number of rotatable bonds is 7. The van der Waals surface area contributed by atoms with Crippen molar-refractivity contribution in [3.8, 4) is 0 Å². The highest BCUT2D eigenvalue weighted by molar-refractivity contribution is 5.92. The number of likely N-dealkylation sites (N-methyl/N-ethyl adjacent to an activating group) is 1. The van der Waals surface area contributed by atoms with Crippen molar-refractivity contribution in [2.24, 2.45) is 5.92 Å². The van der Waals surface area contributed by atoms with E-state index < -0.39 is 0 Å². The highest BCUT2D eigenvalue weighted by Crippen LogP contribution is 2.31. The molecule has 2 aliphatic rings. The molecule has 0 atom stereocenters. The lowest BCUT2D eigenvalue weighted by atomic mass is 10.1. The first kappa shape index (κ1) is 19.2. The van der Waals surface area contributed by atoms with Crippen LogP contribution in [0.1, 0.15) is 40.3 Å². The van der Waals surface area contributed by atoms with Gasteiger partial charge in [0.15, 0.2) is 5.69 Å². The Morgan fingerprint density at radius 3 is 2.64 bits per heavy atom. The first-order chi connectivity index (χ1) is 13.6. The minimum absolute atomic E-state index is 0.0178. The number of hydrogen-bond acceptors (Lipinski definition) is 5. The van der Waals surface area contributed by atoms with Crippen LogP contribution in [0.5, 0.6) is 0 Å².